The van der Waals surface area contributed by atoms with Crippen LogP contribution in [0.5, 0.6) is 5.75 Å². The summed E-state index contributed by atoms with van der Waals surface area (Å²) in [5, 5.41) is 36.9. The molecule has 3 heterocycles. The number of aliphatic hydroxyl groups excluding tert-OH is 3. The van der Waals surface area contributed by atoms with Crippen molar-refractivity contribution in [2.45, 2.75) is 44.1 Å². The number of nitrogens with one attached hydrogen (secondary N) is 2. The molecule has 1 amide bonds. The molecule has 6 rings (SSSR count). The molecular formula is C34H37N7O7. The van der Waals surface area contributed by atoms with Gasteiger partial charge in [0.15, 0.2) is 23.2 Å². The van der Waals surface area contributed by atoms with E-state index >= 15 is 0 Å². The van der Waals surface area contributed by atoms with Crippen molar-refractivity contribution in [2.24, 2.45) is 0 Å². The Morgan fingerprint density at radius 2 is 1.75 bits per heavy atom. The van der Waals surface area contributed by atoms with E-state index in [0.717, 1.165) is 22.3 Å². The van der Waals surface area contributed by atoms with Crippen molar-refractivity contribution in [1.29, 1.82) is 0 Å². The molecule has 4 atom stereocenters. The van der Waals surface area contributed by atoms with Gasteiger partial charge in [-0.15, -0.1) is 0 Å². The molecule has 3 aromatic carbocycles. The van der Waals surface area contributed by atoms with Crippen LogP contribution in [0.2, 0.25) is 0 Å². The van der Waals surface area contributed by atoms with Gasteiger partial charge in [-0.05, 0) is 29.2 Å². The highest BCUT2D eigenvalue weighted by Crippen LogP contribution is 2.36. The fourth-order valence-corrected chi connectivity index (χ4v) is 5.44. The number of amides is 1. The van der Waals surface area contributed by atoms with Crippen LogP contribution in [0, 0.1) is 0 Å². The average Bonchev–Trinajstić information content (AvgIpc) is 3.63. The van der Waals surface area contributed by atoms with Gasteiger partial charge in [-0.1, -0.05) is 72.8 Å². The molecule has 7 N–H and O–H groups in total. The second kappa shape index (κ2) is 15.1. The van der Waals surface area contributed by atoms with Crippen molar-refractivity contribution >= 4 is 29.0 Å². The maximum atomic E-state index is 12.1. The molecule has 250 valence electrons. The summed E-state index contributed by atoms with van der Waals surface area (Å²) in [7, 11) is 0. The van der Waals surface area contributed by atoms with E-state index in [4.69, 9.17) is 19.9 Å². The van der Waals surface area contributed by atoms with E-state index in [0.29, 0.717) is 36.5 Å². The molecule has 1 aliphatic heterocycles. The minimum absolute atomic E-state index is 0.135. The van der Waals surface area contributed by atoms with Gasteiger partial charge in [-0.2, -0.15) is 0 Å². The third kappa shape index (κ3) is 7.31. The molecule has 0 saturated carbocycles. The number of aliphatic hydroxyl groups is 3. The van der Waals surface area contributed by atoms with E-state index in [1.807, 2.05) is 78.9 Å². The molecule has 1 fully saturated rings. The zero-order chi connectivity index (χ0) is 33.5. The van der Waals surface area contributed by atoms with Crippen molar-refractivity contribution in [3.8, 4) is 16.9 Å². The van der Waals surface area contributed by atoms with Crippen LogP contribution in [-0.4, -0.2) is 79.0 Å². The number of nitrogen functional groups attached to an aromatic ring is 1. The van der Waals surface area contributed by atoms with Gasteiger partial charge in [0.05, 0.1) is 13.2 Å². The van der Waals surface area contributed by atoms with Gasteiger partial charge < -0.3 is 45.9 Å². The summed E-state index contributed by atoms with van der Waals surface area (Å²) in [6.45, 7) is 0.714. The zero-order valence-electron chi connectivity index (χ0n) is 26.0. The van der Waals surface area contributed by atoms with Crippen LogP contribution in [0.3, 0.4) is 0 Å². The molecule has 0 aliphatic carbocycles. The standard InChI is InChI=1S/C34H37N7O7/c35-30-27-31(39-20-38-30)41(32-29(44)28(43)26(18-42)48-32)33(40-27)37-17-22-12-13-24(23-10-5-2-6-11-23)25(16-22)46-15-7-14-36-34(45)47-19-21-8-3-1-4-9-21/h1-6,8-13,16,20,26,28-29,32,42-44H,7,14-15,17-19H2,(H,36,45)(H,37,40)(H2,35,38,39)/t26-,28-,29+,32-/m1/s1. The van der Waals surface area contributed by atoms with Crippen molar-refractivity contribution in [3.63, 3.8) is 0 Å². The van der Waals surface area contributed by atoms with Crippen LogP contribution in [0.15, 0.2) is 85.2 Å². The van der Waals surface area contributed by atoms with E-state index in [9.17, 15) is 20.1 Å². The van der Waals surface area contributed by atoms with Crippen LogP contribution >= 0.6 is 0 Å². The second-order valence-electron chi connectivity index (χ2n) is 11.2. The van der Waals surface area contributed by atoms with Gasteiger partial charge in [-0.3, -0.25) is 4.57 Å². The number of nitrogens with zero attached hydrogens (tertiary/aromatic N) is 4. The minimum Gasteiger partial charge on any atom is -0.493 e. The Kier molecular flexibility index (Phi) is 10.3. The summed E-state index contributed by atoms with van der Waals surface area (Å²) < 4.78 is 18.8. The van der Waals surface area contributed by atoms with Gasteiger partial charge >= 0.3 is 6.09 Å². The highest BCUT2D eigenvalue weighted by molar-refractivity contribution is 5.84. The predicted octanol–water partition coefficient (Wildman–Crippen LogP) is 2.99. The third-order valence-corrected chi connectivity index (χ3v) is 7.92. The van der Waals surface area contributed by atoms with Crippen molar-refractivity contribution < 1.29 is 34.3 Å². The number of benzene rings is 3. The number of nitrogens with two attached hydrogens (primary N) is 1. The Hall–Kier alpha value is -5.28. The molecule has 14 nitrogen and oxygen atoms in total. The Morgan fingerprint density at radius 3 is 2.50 bits per heavy atom. The van der Waals surface area contributed by atoms with E-state index in [1.54, 1.807) is 0 Å². The van der Waals surface area contributed by atoms with Gasteiger partial charge in [0, 0.05) is 18.7 Å². The van der Waals surface area contributed by atoms with Crippen LogP contribution in [0.4, 0.5) is 16.6 Å². The van der Waals surface area contributed by atoms with Gasteiger partial charge in [0.1, 0.15) is 37.0 Å². The van der Waals surface area contributed by atoms with Crippen LogP contribution in [0.25, 0.3) is 22.3 Å². The Bertz CT molecular complexity index is 1820. The number of hydrogen-bond acceptors (Lipinski definition) is 12. The summed E-state index contributed by atoms with van der Waals surface area (Å²) >= 11 is 0. The number of fused-ring (bicyclic) bond motifs is 1. The van der Waals surface area contributed by atoms with E-state index in [1.165, 1.54) is 10.9 Å². The lowest BCUT2D eigenvalue weighted by molar-refractivity contribution is -0.0501. The van der Waals surface area contributed by atoms with Crippen molar-refractivity contribution in [2.75, 3.05) is 30.8 Å². The highest BCUT2D eigenvalue weighted by atomic mass is 16.6. The van der Waals surface area contributed by atoms with Gasteiger partial charge in [-0.25, -0.2) is 19.7 Å². The maximum Gasteiger partial charge on any atom is 0.407 e. The summed E-state index contributed by atoms with van der Waals surface area (Å²) in [5.41, 5.74) is 10.3. The first-order chi connectivity index (χ1) is 23.4. The molecule has 14 heteroatoms. The van der Waals surface area contributed by atoms with E-state index in [2.05, 4.69) is 25.6 Å². The first-order valence-electron chi connectivity index (χ1n) is 15.5. The monoisotopic (exact) mass is 655 g/mol. The largest absolute Gasteiger partial charge is 0.493 e. The number of carbonyl (C=O) groups is 1. The molecule has 0 radical (unpaired) electrons. The van der Waals surface area contributed by atoms with Crippen LogP contribution < -0.4 is 21.1 Å². The lowest BCUT2D eigenvalue weighted by atomic mass is 10.0. The molecule has 2 aromatic heterocycles. The molecule has 5 aromatic rings. The number of carbonyl (C=O) groups excluding carboxylic acids is 1. The van der Waals surface area contributed by atoms with Gasteiger partial charge in [0.2, 0.25) is 5.95 Å². The van der Waals surface area contributed by atoms with Crippen LogP contribution in [-0.2, 0) is 22.6 Å². The third-order valence-electron chi connectivity index (χ3n) is 7.92. The second-order valence-corrected chi connectivity index (χ2v) is 11.2. The summed E-state index contributed by atoms with van der Waals surface area (Å²) in [6.07, 6.45) is -3.43. The number of anilines is 2. The normalized spacial score (nSPS) is 18.9. The lowest BCUT2D eigenvalue weighted by Gasteiger charge is -2.20. The SMILES string of the molecule is Nc1ncnc2c1nc(NCc1ccc(-c3ccccc3)c(OCCCNC(=O)OCc3ccccc3)c1)n2[C@@H]1O[C@H](CO)[C@@H](O)[C@@H]1O. The molecule has 1 saturated heterocycles. The van der Waals surface area contributed by atoms with Crippen molar-refractivity contribution in [3.05, 3.63) is 96.3 Å². The fraction of sp³-hybridized carbons (Fsp3) is 0.294. The summed E-state index contributed by atoms with van der Waals surface area (Å²) in [4.78, 5) is 25.0. The summed E-state index contributed by atoms with van der Waals surface area (Å²) in [5.74, 6) is 1.06. The first-order valence-corrected chi connectivity index (χ1v) is 15.5. The number of alkyl carbamates (subject to hydrolysis) is 1. The molecule has 1 aliphatic rings. The van der Waals surface area contributed by atoms with Gasteiger partial charge in [0.25, 0.3) is 0 Å². The number of hydrogen-bond donors (Lipinski definition) is 6. The lowest BCUT2D eigenvalue weighted by Crippen LogP contribution is -2.33. The fourth-order valence-electron chi connectivity index (χ4n) is 5.44. The van der Waals surface area contributed by atoms with E-state index < -0.39 is 37.2 Å². The van der Waals surface area contributed by atoms with Crippen molar-refractivity contribution in [1.82, 2.24) is 24.8 Å². The Balaban J connectivity index is 1.15. The predicted molar refractivity (Wildman–Crippen MR) is 177 cm³/mol. The minimum atomic E-state index is -1.36. The van der Waals surface area contributed by atoms with E-state index in [-0.39, 0.29) is 24.9 Å². The van der Waals surface area contributed by atoms with Crippen LogP contribution in [0.1, 0.15) is 23.8 Å². The number of rotatable bonds is 13. The molecule has 0 bridgehead atoms. The molecular weight excluding hydrogens is 618 g/mol. The Morgan fingerprint density at radius 1 is 0.979 bits per heavy atom. The molecule has 48 heavy (non-hydrogen) atoms. The first kappa shape index (κ1) is 32.7. The summed E-state index contributed by atoms with van der Waals surface area (Å²) in [6, 6.07) is 25.2. The topological polar surface area (TPSA) is 199 Å². The highest BCUT2D eigenvalue weighted by Gasteiger charge is 2.45. The number of ether oxygens (including phenoxy) is 3. The maximum absolute atomic E-state index is 12.1. The quantitative estimate of drug-likeness (QED) is 0.102. The zero-order valence-corrected chi connectivity index (χ0v) is 26.0. The number of aromatic nitrogens is 4. The molecule has 0 spiro atoms. The smallest absolute Gasteiger partial charge is 0.407 e. The number of imidazole rings is 1. The average molecular weight is 656 g/mol. The molecule has 0 unspecified atom stereocenters. The Labute approximate surface area is 276 Å².